The molecule has 0 saturated carbocycles. The molecule has 0 aliphatic carbocycles. The van der Waals surface area contributed by atoms with Gasteiger partial charge in [-0.15, -0.1) is 0 Å². The Labute approximate surface area is 167 Å². The molecule has 3 aromatic rings. The Kier molecular flexibility index (Phi) is 6.08. The number of nitro benzene ring substituents is 1. The zero-order chi connectivity index (χ0) is 21.0. The van der Waals surface area contributed by atoms with Crippen LogP contribution in [0.15, 0.2) is 41.2 Å². The van der Waals surface area contributed by atoms with Crippen LogP contribution in [-0.4, -0.2) is 35.7 Å². The number of aromatic amines is 1. The molecule has 1 aromatic heterocycles. The quantitative estimate of drug-likeness (QED) is 0.438. The van der Waals surface area contributed by atoms with E-state index < -0.39 is 0 Å². The van der Waals surface area contributed by atoms with Crippen LogP contribution >= 0.6 is 0 Å². The number of H-pyrrole nitrogens is 1. The van der Waals surface area contributed by atoms with Crippen LogP contribution in [0.4, 0.5) is 5.69 Å². The van der Waals surface area contributed by atoms with Crippen molar-refractivity contribution in [1.29, 1.82) is 0 Å². The molecule has 29 heavy (non-hydrogen) atoms. The third-order valence-electron chi connectivity index (χ3n) is 4.81. The summed E-state index contributed by atoms with van der Waals surface area (Å²) in [6.07, 6.45) is 0. The van der Waals surface area contributed by atoms with Crippen molar-refractivity contribution in [2.24, 2.45) is 0 Å². The lowest BCUT2D eigenvalue weighted by atomic mass is 10.1. The van der Waals surface area contributed by atoms with Crippen molar-refractivity contribution in [3.63, 3.8) is 0 Å². The molecule has 2 aromatic carbocycles. The van der Waals surface area contributed by atoms with Crippen LogP contribution < -0.4 is 19.9 Å². The molecular weight excluding hydrogens is 376 g/mol. The number of quaternary nitrogens is 1. The smallest absolute Gasteiger partial charge is 0.278 e. The highest BCUT2D eigenvalue weighted by atomic mass is 16.6. The van der Waals surface area contributed by atoms with E-state index in [2.05, 4.69) is 9.97 Å². The molecule has 1 heterocycles. The minimum atomic E-state index is -0.377. The lowest BCUT2D eigenvalue weighted by molar-refractivity contribution is -0.926. The summed E-state index contributed by atoms with van der Waals surface area (Å²) < 4.78 is 10.5. The van der Waals surface area contributed by atoms with Crippen LogP contribution in [0.3, 0.4) is 0 Å². The summed E-state index contributed by atoms with van der Waals surface area (Å²) in [6, 6.07) is 9.95. The maximum atomic E-state index is 12.5. The van der Waals surface area contributed by atoms with Gasteiger partial charge >= 0.3 is 0 Å². The van der Waals surface area contributed by atoms with Crippen molar-refractivity contribution in [2.45, 2.75) is 20.0 Å². The standard InChI is InChI=1S/C20H22N4O5/c1-4-23(11-13-7-5-6-8-16(13)24(26)27)12-19-21-15-10-18(29-3)17(28-2)9-14(15)20(25)22-19/h5-10H,4,11-12H2,1-3H3,(H,21,22,25)/p+1. The average molecular weight is 399 g/mol. The number of hydrogen-bond donors (Lipinski definition) is 2. The molecule has 0 bridgehead atoms. The maximum absolute atomic E-state index is 12.5. The Balaban J connectivity index is 1.92. The number of nitrogens with one attached hydrogen (secondary N) is 2. The van der Waals surface area contributed by atoms with E-state index in [0.717, 1.165) is 4.90 Å². The van der Waals surface area contributed by atoms with Crippen molar-refractivity contribution < 1.29 is 19.3 Å². The predicted octanol–water partition coefficient (Wildman–Crippen LogP) is 1.45. The van der Waals surface area contributed by atoms with Gasteiger partial charge in [-0.1, -0.05) is 12.1 Å². The van der Waals surface area contributed by atoms with Gasteiger partial charge in [-0.2, -0.15) is 0 Å². The highest BCUT2D eigenvalue weighted by molar-refractivity contribution is 5.81. The average Bonchev–Trinajstić information content (AvgIpc) is 2.72. The molecular formula is C20H23N4O5+. The molecule has 0 saturated heterocycles. The first-order valence-electron chi connectivity index (χ1n) is 9.17. The zero-order valence-corrected chi connectivity index (χ0v) is 16.5. The minimum Gasteiger partial charge on any atom is -0.493 e. The van der Waals surface area contributed by atoms with Crippen LogP contribution in [0.1, 0.15) is 18.3 Å². The van der Waals surface area contributed by atoms with Crippen LogP contribution in [0.25, 0.3) is 10.9 Å². The number of benzene rings is 2. The van der Waals surface area contributed by atoms with Crippen LogP contribution in [0.5, 0.6) is 11.5 Å². The molecule has 0 radical (unpaired) electrons. The fourth-order valence-corrected chi connectivity index (χ4v) is 3.26. The highest BCUT2D eigenvalue weighted by Gasteiger charge is 2.19. The number of aromatic nitrogens is 2. The number of hydrogen-bond acceptors (Lipinski definition) is 6. The predicted molar refractivity (Wildman–Crippen MR) is 107 cm³/mol. The van der Waals surface area contributed by atoms with Gasteiger partial charge < -0.3 is 19.4 Å². The summed E-state index contributed by atoms with van der Waals surface area (Å²) >= 11 is 0. The van der Waals surface area contributed by atoms with E-state index in [0.29, 0.717) is 53.4 Å². The Hall–Kier alpha value is -3.46. The van der Waals surface area contributed by atoms with E-state index in [1.54, 1.807) is 30.3 Å². The molecule has 152 valence electrons. The number of methoxy groups -OCH3 is 2. The second kappa shape index (κ2) is 8.70. The Morgan fingerprint density at radius 3 is 2.48 bits per heavy atom. The molecule has 1 atom stereocenters. The molecule has 1 unspecified atom stereocenters. The molecule has 0 aliphatic rings. The lowest BCUT2D eigenvalue weighted by Crippen LogP contribution is -3.09. The Bertz CT molecular complexity index is 1100. The van der Waals surface area contributed by atoms with Crippen LogP contribution in [0, 0.1) is 10.1 Å². The summed E-state index contributed by atoms with van der Waals surface area (Å²) in [5.41, 5.74) is 0.966. The SMILES string of the molecule is CC[NH+](Cc1nc2cc(OC)c(OC)cc2c(=O)[nH]1)Cc1ccccc1[N+](=O)[O-]. The van der Waals surface area contributed by atoms with Crippen molar-refractivity contribution in [3.8, 4) is 11.5 Å². The molecule has 0 spiro atoms. The highest BCUT2D eigenvalue weighted by Crippen LogP contribution is 2.29. The largest absolute Gasteiger partial charge is 0.493 e. The monoisotopic (exact) mass is 399 g/mol. The van der Waals surface area contributed by atoms with E-state index in [1.165, 1.54) is 20.3 Å². The zero-order valence-electron chi connectivity index (χ0n) is 16.5. The van der Waals surface area contributed by atoms with E-state index in [9.17, 15) is 14.9 Å². The number of nitro groups is 1. The van der Waals surface area contributed by atoms with Gasteiger partial charge in [0.2, 0.25) is 0 Å². The Morgan fingerprint density at radius 2 is 1.83 bits per heavy atom. The van der Waals surface area contributed by atoms with E-state index in [-0.39, 0.29) is 16.2 Å². The fraction of sp³-hybridized carbons (Fsp3) is 0.300. The number of fused-ring (bicyclic) bond motifs is 1. The van der Waals surface area contributed by atoms with Gasteiger partial charge in [-0.3, -0.25) is 14.9 Å². The fourth-order valence-electron chi connectivity index (χ4n) is 3.26. The minimum absolute atomic E-state index is 0.0928. The number of para-hydroxylation sites is 1. The number of nitrogens with zero attached hydrogens (tertiary/aromatic N) is 2. The third kappa shape index (κ3) is 4.35. The van der Waals surface area contributed by atoms with Crippen LogP contribution in [0.2, 0.25) is 0 Å². The topological polar surface area (TPSA) is 112 Å². The second-order valence-corrected chi connectivity index (χ2v) is 6.58. The van der Waals surface area contributed by atoms with Crippen molar-refractivity contribution in [3.05, 3.63) is 68.3 Å². The molecule has 0 aliphatic heterocycles. The Morgan fingerprint density at radius 1 is 1.14 bits per heavy atom. The normalized spacial score (nSPS) is 12.0. The van der Waals surface area contributed by atoms with Gasteiger partial charge in [0.25, 0.3) is 11.2 Å². The van der Waals surface area contributed by atoms with E-state index in [1.807, 2.05) is 6.92 Å². The molecule has 0 amide bonds. The summed E-state index contributed by atoms with van der Waals surface area (Å²) in [5, 5.41) is 11.7. The summed E-state index contributed by atoms with van der Waals surface area (Å²) in [7, 11) is 3.03. The van der Waals surface area contributed by atoms with Crippen molar-refractivity contribution in [2.75, 3.05) is 20.8 Å². The first kappa shape index (κ1) is 20.3. The summed E-state index contributed by atoms with van der Waals surface area (Å²) in [5.74, 6) is 1.45. The molecule has 3 rings (SSSR count). The first-order valence-corrected chi connectivity index (χ1v) is 9.17. The molecule has 2 N–H and O–H groups in total. The van der Waals surface area contributed by atoms with Crippen molar-refractivity contribution >= 4 is 16.6 Å². The van der Waals surface area contributed by atoms with Gasteiger partial charge in [0.05, 0.1) is 42.2 Å². The van der Waals surface area contributed by atoms with E-state index >= 15 is 0 Å². The maximum Gasteiger partial charge on any atom is 0.278 e. The summed E-state index contributed by atoms with van der Waals surface area (Å²) in [4.78, 5) is 31.8. The molecule has 9 heteroatoms. The van der Waals surface area contributed by atoms with Gasteiger partial charge in [0, 0.05) is 12.1 Å². The van der Waals surface area contributed by atoms with E-state index in [4.69, 9.17) is 9.47 Å². The lowest BCUT2D eigenvalue weighted by Gasteiger charge is -2.17. The van der Waals surface area contributed by atoms with Gasteiger partial charge in [0.15, 0.2) is 17.3 Å². The third-order valence-corrected chi connectivity index (χ3v) is 4.81. The first-order chi connectivity index (χ1) is 14.0. The second-order valence-electron chi connectivity index (χ2n) is 6.58. The number of ether oxygens (including phenoxy) is 2. The molecule has 0 fully saturated rings. The molecule has 9 nitrogen and oxygen atoms in total. The van der Waals surface area contributed by atoms with Gasteiger partial charge in [-0.05, 0) is 19.1 Å². The summed E-state index contributed by atoms with van der Waals surface area (Å²) in [6.45, 7) is 3.56. The van der Waals surface area contributed by atoms with Crippen molar-refractivity contribution in [1.82, 2.24) is 9.97 Å². The number of rotatable bonds is 8. The van der Waals surface area contributed by atoms with Gasteiger partial charge in [0.1, 0.15) is 13.1 Å². The van der Waals surface area contributed by atoms with Gasteiger partial charge in [-0.25, -0.2) is 4.98 Å². The van der Waals surface area contributed by atoms with Crippen LogP contribution in [-0.2, 0) is 13.1 Å².